The number of amides is 1. The van der Waals surface area contributed by atoms with Gasteiger partial charge < -0.3 is 10.6 Å². The molecule has 0 rings (SSSR count). The van der Waals surface area contributed by atoms with E-state index in [0.29, 0.717) is 6.42 Å². The van der Waals surface area contributed by atoms with Crippen molar-refractivity contribution in [3.63, 3.8) is 0 Å². The molecule has 0 heterocycles. The van der Waals surface area contributed by atoms with E-state index >= 15 is 0 Å². The number of nitrogens with zero attached hydrogens (tertiary/aromatic N) is 1. The zero-order chi connectivity index (χ0) is 9.72. The lowest BCUT2D eigenvalue weighted by atomic mass is 10.1. The largest absolute Gasteiger partial charge is 0.342 e. The van der Waals surface area contributed by atoms with Crippen LogP contribution in [0.1, 0.15) is 33.6 Å². The molecule has 0 bridgehead atoms. The van der Waals surface area contributed by atoms with Gasteiger partial charge in [-0.2, -0.15) is 0 Å². The summed E-state index contributed by atoms with van der Waals surface area (Å²) < 4.78 is 0. The van der Waals surface area contributed by atoms with Crippen LogP contribution in [0.2, 0.25) is 0 Å². The molecule has 72 valence electrons. The SMILES string of the molecule is CCC(C)N(C)C(=O)[C@@H](N)CC. The summed E-state index contributed by atoms with van der Waals surface area (Å²) in [5.74, 6) is 0.0480. The third-order valence-corrected chi connectivity index (χ3v) is 2.36. The first-order valence-electron chi connectivity index (χ1n) is 4.56. The maximum Gasteiger partial charge on any atom is 0.239 e. The fourth-order valence-corrected chi connectivity index (χ4v) is 0.927. The van der Waals surface area contributed by atoms with Crippen LogP contribution in [0.25, 0.3) is 0 Å². The van der Waals surface area contributed by atoms with Gasteiger partial charge in [0.1, 0.15) is 0 Å². The molecule has 12 heavy (non-hydrogen) atoms. The van der Waals surface area contributed by atoms with Crippen molar-refractivity contribution in [1.82, 2.24) is 4.90 Å². The molecule has 0 aromatic rings. The molecule has 0 aliphatic carbocycles. The van der Waals surface area contributed by atoms with E-state index in [2.05, 4.69) is 6.92 Å². The molecule has 0 saturated heterocycles. The molecule has 0 fully saturated rings. The normalized spacial score (nSPS) is 15.4. The Kier molecular flexibility index (Phi) is 4.90. The van der Waals surface area contributed by atoms with Crippen molar-refractivity contribution in [2.75, 3.05) is 7.05 Å². The van der Waals surface area contributed by atoms with E-state index in [9.17, 15) is 4.79 Å². The summed E-state index contributed by atoms with van der Waals surface area (Å²) in [6.07, 6.45) is 1.68. The van der Waals surface area contributed by atoms with E-state index < -0.39 is 0 Å². The van der Waals surface area contributed by atoms with Gasteiger partial charge in [-0.05, 0) is 19.8 Å². The van der Waals surface area contributed by atoms with Gasteiger partial charge in [0.2, 0.25) is 5.91 Å². The highest BCUT2D eigenvalue weighted by atomic mass is 16.2. The predicted molar refractivity (Wildman–Crippen MR) is 50.8 cm³/mol. The minimum atomic E-state index is -0.330. The number of nitrogens with two attached hydrogens (primary N) is 1. The van der Waals surface area contributed by atoms with Crippen molar-refractivity contribution >= 4 is 5.91 Å². The zero-order valence-electron chi connectivity index (χ0n) is 8.50. The number of carbonyl (C=O) groups excluding carboxylic acids is 1. The van der Waals surface area contributed by atoms with E-state index in [4.69, 9.17) is 5.73 Å². The smallest absolute Gasteiger partial charge is 0.239 e. The molecule has 1 amide bonds. The summed E-state index contributed by atoms with van der Waals surface area (Å²) in [5.41, 5.74) is 5.62. The van der Waals surface area contributed by atoms with Crippen LogP contribution in [0.3, 0.4) is 0 Å². The number of carbonyl (C=O) groups is 1. The summed E-state index contributed by atoms with van der Waals surface area (Å²) in [4.78, 5) is 13.2. The molecular weight excluding hydrogens is 152 g/mol. The first kappa shape index (κ1) is 11.4. The lowest BCUT2D eigenvalue weighted by Gasteiger charge is -2.26. The van der Waals surface area contributed by atoms with Crippen molar-refractivity contribution in [3.8, 4) is 0 Å². The minimum absolute atomic E-state index is 0.0480. The molecule has 2 N–H and O–H groups in total. The van der Waals surface area contributed by atoms with Crippen LogP contribution < -0.4 is 5.73 Å². The lowest BCUT2D eigenvalue weighted by Crippen LogP contribution is -2.45. The van der Waals surface area contributed by atoms with Crippen LogP contribution in [0.15, 0.2) is 0 Å². The van der Waals surface area contributed by atoms with Gasteiger partial charge in [0.25, 0.3) is 0 Å². The van der Waals surface area contributed by atoms with Gasteiger partial charge >= 0.3 is 0 Å². The fraction of sp³-hybridized carbons (Fsp3) is 0.889. The maximum atomic E-state index is 11.5. The predicted octanol–water partition coefficient (Wildman–Crippen LogP) is 0.981. The highest BCUT2D eigenvalue weighted by Gasteiger charge is 2.18. The molecule has 0 radical (unpaired) electrons. The van der Waals surface area contributed by atoms with E-state index in [1.807, 2.05) is 20.9 Å². The molecule has 3 heteroatoms. The Morgan fingerprint density at radius 1 is 1.42 bits per heavy atom. The zero-order valence-corrected chi connectivity index (χ0v) is 8.50. The van der Waals surface area contributed by atoms with Gasteiger partial charge in [-0.15, -0.1) is 0 Å². The molecule has 0 spiro atoms. The standard InChI is InChI=1S/C9H20N2O/c1-5-7(3)11(4)9(12)8(10)6-2/h7-8H,5-6,10H2,1-4H3/t7?,8-/m0/s1. The molecule has 0 aliphatic rings. The van der Waals surface area contributed by atoms with Crippen LogP contribution >= 0.6 is 0 Å². The number of hydrogen-bond acceptors (Lipinski definition) is 2. The molecule has 1 unspecified atom stereocenters. The summed E-state index contributed by atoms with van der Waals surface area (Å²) in [5, 5.41) is 0. The van der Waals surface area contributed by atoms with Gasteiger partial charge in [-0.25, -0.2) is 0 Å². The third-order valence-electron chi connectivity index (χ3n) is 2.36. The summed E-state index contributed by atoms with van der Waals surface area (Å²) in [7, 11) is 1.81. The Morgan fingerprint density at radius 3 is 2.25 bits per heavy atom. The molecule has 0 aromatic heterocycles. The maximum absolute atomic E-state index is 11.5. The topological polar surface area (TPSA) is 46.3 Å². The first-order valence-corrected chi connectivity index (χ1v) is 4.56. The van der Waals surface area contributed by atoms with Crippen molar-refractivity contribution in [3.05, 3.63) is 0 Å². The van der Waals surface area contributed by atoms with Gasteiger partial charge in [0.05, 0.1) is 6.04 Å². The quantitative estimate of drug-likeness (QED) is 0.687. The molecular formula is C9H20N2O. The second-order valence-electron chi connectivity index (χ2n) is 3.22. The fourth-order valence-electron chi connectivity index (χ4n) is 0.927. The number of hydrogen-bond donors (Lipinski definition) is 1. The van der Waals surface area contributed by atoms with E-state index in [1.54, 1.807) is 4.90 Å². The van der Waals surface area contributed by atoms with E-state index in [-0.39, 0.29) is 18.0 Å². The number of likely N-dealkylation sites (N-methyl/N-ethyl adjacent to an activating group) is 1. The van der Waals surface area contributed by atoms with Crippen LogP contribution in [-0.2, 0) is 4.79 Å². The highest BCUT2D eigenvalue weighted by molar-refractivity contribution is 5.81. The first-order chi connectivity index (χ1) is 5.54. The van der Waals surface area contributed by atoms with Gasteiger partial charge in [-0.1, -0.05) is 13.8 Å². The van der Waals surface area contributed by atoms with Crippen molar-refractivity contribution < 1.29 is 4.79 Å². The van der Waals surface area contributed by atoms with Crippen molar-refractivity contribution in [2.45, 2.75) is 45.7 Å². The Morgan fingerprint density at radius 2 is 1.92 bits per heavy atom. The summed E-state index contributed by atoms with van der Waals surface area (Å²) in [6, 6.07) is -0.0425. The Bertz CT molecular complexity index is 147. The van der Waals surface area contributed by atoms with Crippen LogP contribution in [0.5, 0.6) is 0 Å². The van der Waals surface area contributed by atoms with Crippen LogP contribution in [-0.4, -0.2) is 29.9 Å². The van der Waals surface area contributed by atoms with Gasteiger partial charge in [-0.3, -0.25) is 4.79 Å². The monoisotopic (exact) mass is 172 g/mol. The average Bonchev–Trinajstić information content (AvgIpc) is 2.12. The van der Waals surface area contributed by atoms with E-state index in [0.717, 1.165) is 6.42 Å². The van der Waals surface area contributed by atoms with Crippen molar-refractivity contribution in [1.29, 1.82) is 0 Å². The van der Waals surface area contributed by atoms with Gasteiger partial charge in [0, 0.05) is 13.1 Å². The second-order valence-corrected chi connectivity index (χ2v) is 3.22. The molecule has 0 aliphatic heterocycles. The van der Waals surface area contributed by atoms with Crippen LogP contribution in [0.4, 0.5) is 0 Å². The average molecular weight is 172 g/mol. The summed E-state index contributed by atoms with van der Waals surface area (Å²) >= 11 is 0. The van der Waals surface area contributed by atoms with Crippen molar-refractivity contribution in [2.24, 2.45) is 5.73 Å². The Balaban J connectivity index is 4.09. The summed E-state index contributed by atoms with van der Waals surface area (Å²) in [6.45, 7) is 6.01. The number of rotatable bonds is 4. The highest BCUT2D eigenvalue weighted by Crippen LogP contribution is 2.03. The molecule has 0 aromatic carbocycles. The van der Waals surface area contributed by atoms with Gasteiger partial charge in [0.15, 0.2) is 0 Å². The second kappa shape index (κ2) is 5.14. The van der Waals surface area contributed by atoms with E-state index in [1.165, 1.54) is 0 Å². The molecule has 2 atom stereocenters. The third kappa shape index (κ3) is 2.81. The Labute approximate surface area is 74.9 Å². The lowest BCUT2D eigenvalue weighted by molar-refractivity contribution is -0.133. The Hall–Kier alpha value is -0.570. The minimum Gasteiger partial charge on any atom is -0.342 e. The van der Waals surface area contributed by atoms with Crippen LogP contribution in [0, 0.1) is 0 Å². The molecule has 3 nitrogen and oxygen atoms in total. The molecule has 0 saturated carbocycles.